The lowest BCUT2D eigenvalue weighted by Crippen LogP contribution is -2.48. The first-order valence-electron chi connectivity index (χ1n) is 16.5. The summed E-state index contributed by atoms with van der Waals surface area (Å²) < 4.78 is 1.78. The van der Waals surface area contributed by atoms with Gasteiger partial charge in [0.25, 0.3) is 0 Å². The first-order chi connectivity index (χ1) is 22.4. The average molecular weight is 633 g/mol. The Kier molecular flexibility index (Phi) is 8.90. The molecule has 9 heteroatoms. The van der Waals surface area contributed by atoms with Crippen LogP contribution in [-0.4, -0.2) is 44.6 Å². The van der Waals surface area contributed by atoms with Gasteiger partial charge in [-0.1, -0.05) is 50.6 Å². The number of carbonyl (C=O) groups is 3. The molecule has 0 radical (unpaired) electrons. The van der Waals surface area contributed by atoms with E-state index in [1.807, 2.05) is 60.4 Å². The van der Waals surface area contributed by atoms with Crippen LogP contribution in [0.15, 0.2) is 78.9 Å². The van der Waals surface area contributed by atoms with Gasteiger partial charge in [0.1, 0.15) is 5.82 Å². The van der Waals surface area contributed by atoms with Crippen LogP contribution in [0.2, 0.25) is 0 Å². The third-order valence-electron chi connectivity index (χ3n) is 9.32. The monoisotopic (exact) mass is 632 g/mol. The highest BCUT2D eigenvalue weighted by atomic mass is 16.2. The number of aryl methyl sites for hydroxylation is 1. The Morgan fingerprint density at radius 2 is 1.51 bits per heavy atom. The fourth-order valence-electron chi connectivity index (χ4n) is 6.87. The standard InChI is InChI=1S/C38H44N6O3/c1-24-9-15-31(16-10-24)44-35(23-34(42-44)38(3,4)5)41-36(46)39-30-8-6-7-26(20-30)19-27-21-32-17-18-33(22-27)43(32)37(47)40-29-13-11-28(12-14-29)25(2)45/h6-16,20,23,27,32-33H,17-19,21-22H2,1-5H3,(H,40,47)(H2,39,41,46). The number of urea groups is 2. The number of ketones is 1. The highest BCUT2D eigenvalue weighted by Gasteiger charge is 2.43. The van der Waals surface area contributed by atoms with Crippen molar-refractivity contribution in [2.24, 2.45) is 5.92 Å². The van der Waals surface area contributed by atoms with Crippen LogP contribution in [0.1, 0.15) is 80.6 Å². The van der Waals surface area contributed by atoms with E-state index >= 15 is 0 Å². The van der Waals surface area contributed by atoms with Crippen LogP contribution in [0, 0.1) is 12.8 Å². The van der Waals surface area contributed by atoms with Crippen molar-refractivity contribution < 1.29 is 14.4 Å². The van der Waals surface area contributed by atoms with Gasteiger partial charge in [0, 0.05) is 40.5 Å². The highest BCUT2D eigenvalue weighted by Crippen LogP contribution is 2.40. The maximum atomic E-state index is 13.3. The number of anilines is 3. The number of amides is 4. The molecule has 2 aliphatic heterocycles. The molecule has 3 heterocycles. The first-order valence-corrected chi connectivity index (χ1v) is 16.5. The van der Waals surface area contributed by atoms with Gasteiger partial charge in [0.2, 0.25) is 0 Å². The molecule has 2 atom stereocenters. The van der Waals surface area contributed by atoms with Crippen molar-refractivity contribution in [2.75, 3.05) is 16.0 Å². The van der Waals surface area contributed by atoms with Crippen molar-refractivity contribution in [1.82, 2.24) is 14.7 Å². The van der Waals surface area contributed by atoms with Crippen molar-refractivity contribution in [3.8, 4) is 5.69 Å². The molecule has 4 aromatic rings. The number of nitrogens with zero attached hydrogens (tertiary/aromatic N) is 3. The van der Waals surface area contributed by atoms with E-state index in [1.165, 1.54) is 6.92 Å². The summed E-state index contributed by atoms with van der Waals surface area (Å²) in [5, 5.41) is 13.9. The van der Waals surface area contributed by atoms with E-state index in [0.29, 0.717) is 23.0 Å². The summed E-state index contributed by atoms with van der Waals surface area (Å²) in [5.41, 5.74) is 5.96. The largest absolute Gasteiger partial charge is 0.324 e. The minimum absolute atomic E-state index is 0.00402. The number of nitrogens with one attached hydrogen (secondary N) is 3. The Bertz CT molecular complexity index is 1760. The molecule has 2 fully saturated rings. The van der Waals surface area contributed by atoms with E-state index in [-0.39, 0.29) is 35.3 Å². The first kappa shape index (κ1) is 32.0. The third-order valence-corrected chi connectivity index (χ3v) is 9.32. The second kappa shape index (κ2) is 13.1. The van der Waals surface area contributed by atoms with Crippen LogP contribution in [-0.2, 0) is 11.8 Å². The van der Waals surface area contributed by atoms with Gasteiger partial charge in [0.15, 0.2) is 5.78 Å². The predicted molar refractivity (Wildman–Crippen MR) is 187 cm³/mol. The molecule has 2 unspecified atom stereocenters. The Morgan fingerprint density at radius 3 is 2.15 bits per heavy atom. The lowest BCUT2D eigenvalue weighted by Gasteiger charge is -2.39. The Balaban J connectivity index is 1.07. The van der Waals surface area contributed by atoms with Crippen LogP contribution >= 0.6 is 0 Å². The number of piperidine rings is 1. The van der Waals surface area contributed by atoms with Crippen LogP contribution in [0.25, 0.3) is 5.69 Å². The van der Waals surface area contributed by atoms with Gasteiger partial charge >= 0.3 is 12.1 Å². The van der Waals surface area contributed by atoms with Gasteiger partial charge < -0.3 is 15.5 Å². The quantitative estimate of drug-likeness (QED) is 0.178. The van der Waals surface area contributed by atoms with Crippen LogP contribution in [0.5, 0.6) is 0 Å². The molecule has 0 saturated carbocycles. The van der Waals surface area contributed by atoms with E-state index < -0.39 is 0 Å². The summed E-state index contributed by atoms with van der Waals surface area (Å²) in [7, 11) is 0. The summed E-state index contributed by atoms with van der Waals surface area (Å²) in [6.45, 7) is 9.88. The van der Waals surface area contributed by atoms with Gasteiger partial charge in [-0.25, -0.2) is 14.3 Å². The van der Waals surface area contributed by atoms with E-state index in [0.717, 1.165) is 60.3 Å². The number of benzene rings is 3. The van der Waals surface area contributed by atoms with Crippen molar-refractivity contribution in [3.05, 3.63) is 101 Å². The zero-order valence-corrected chi connectivity index (χ0v) is 27.8. The Morgan fingerprint density at radius 1 is 0.830 bits per heavy atom. The van der Waals surface area contributed by atoms with Gasteiger partial charge in [-0.2, -0.15) is 5.10 Å². The Hall–Kier alpha value is -4.92. The van der Waals surface area contributed by atoms with Crippen molar-refractivity contribution in [3.63, 3.8) is 0 Å². The summed E-state index contributed by atoms with van der Waals surface area (Å²) in [5.74, 6) is 1.06. The maximum Gasteiger partial charge on any atom is 0.324 e. The number of hydrogen-bond donors (Lipinski definition) is 3. The molecule has 3 aromatic carbocycles. The van der Waals surface area contributed by atoms with E-state index in [9.17, 15) is 14.4 Å². The number of aromatic nitrogens is 2. The molecule has 4 amide bonds. The van der Waals surface area contributed by atoms with E-state index in [1.54, 1.807) is 28.9 Å². The minimum Gasteiger partial charge on any atom is -0.319 e. The lowest BCUT2D eigenvalue weighted by molar-refractivity contribution is 0.101. The fourth-order valence-corrected chi connectivity index (χ4v) is 6.87. The van der Waals surface area contributed by atoms with Crippen LogP contribution in [0.3, 0.4) is 0 Å². The van der Waals surface area contributed by atoms with Gasteiger partial charge in [-0.05, 0) is 106 Å². The number of Topliss-reactive ketones (excluding diaryl/α,β-unsaturated/α-hetero) is 1. The molecule has 1 aromatic heterocycles. The summed E-state index contributed by atoms with van der Waals surface area (Å²) in [6, 6.07) is 25.1. The average Bonchev–Trinajstić information content (AvgIpc) is 3.56. The zero-order chi connectivity index (χ0) is 33.3. The second-order valence-corrected chi connectivity index (χ2v) is 14.1. The van der Waals surface area contributed by atoms with E-state index in [4.69, 9.17) is 5.10 Å². The topological polar surface area (TPSA) is 108 Å². The molecule has 2 saturated heterocycles. The predicted octanol–water partition coefficient (Wildman–Crippen LogP) is 8.34. The lowest BCUT2D eigenvalue weighted by atomic mass is 9.86. The normalized spacial score (nSPS) is 18.9. The minimum atomic E-state index is -0.329. The molecular weight excluding hydrogens is 588 g/mol. The molecule has 0 aliphatic carbocycles. The number of hydrogen-bond acceptors (Lipinski definition) is 4. The second-order valence-electron chi connectivity index (χ2n) is 14.1. The van der Waals surface area contributed by atoms with Gasteiger partial charge in [-0.3, -0.25) is 10.1 Å². The molecule has 244 valence electrons. The van der Waals surface area contributed by atoms with Crippen LogP contribution in [0.4, 0.5) is 26.8 Å². The Labute approximate surface area is 276 Å². The fraction of sp³-hybridized carbons (Fsp3) is 0.368. The SMILES string of the molecule is CC(=O)c1ccc(NC(=O)N2C3CCC2CC(Cc2cccc(NC(=O)Nc4cc(C(C)(C)C)nn4-c4ccc(C)cc4)c2)C3)cc1. The zero-order valence-electron chi connectivity index (χ0n) is 27.8. The molecule has 6 rings (SSSR count). The highest BCUT2D eigenvalue weighted by molar-refractivity contribution is 5.99. The molecular formula is C38H44N6O3. The molecule has 47 heavy (non-hydrogen) atoms. The molecule has 3 N–H and O–H groups in total. The van der Waals surface area contributed by atoms with Crippen molar-refractivity contribution in [1.29, 1.82) is 0 Å². The maximum absolute atomic E-state index is 13.3. The third kappa shape index (κ3) is 7.40. The van der Waals surface area contributed by atoms with Gasteiger partial charge in [-0.15, -0.1) is 0 Å². The van der Waals surface area contributed by atoms with Crippen molar-refractivity contribution in [2.45, 2.75) is 84.2 Å². The van der Waals surface area contributed by atoms with Crippen LogP contribution < -0.4 is 16.0 Å². The number of rotatable bonds is 7. The molecule has 2 bridgehead atoms. The summed E-state index contributed by atoms with van der Waals surface area (Å²) in [4.78, 5) is 40.1. The number of carbonyl (C=O) groups excluding carboxylic acids is 3. The molecule has 2 aliphatic rings. The molecule has 0 spiro atoms. The van der Waals surface area contributed by atoms with Crippen molar-refractivity contribution >= 4 is 35.0 Å². The molecule has 9 nitrogen and oxygen atoms in total. The van der Waals surface area contributed by atoms with Gasteiger partial charge in [0.05, 0.1) is 11.4 Å². The summed E-state index contributed by atoms with van der Waals surface area (Å²) in [6.07, 6.45) is 4.81. The summed E-state index contributed by atoms with van der Waals surface area (Å²) >= 11 is 0. The number of fused-ring (bicyclic) bond motifs is 2. The smallest absolute Gasteiger partial charge is 0.319 e. The van der Waals surface area contributed by atoms with E-state index in [2.05, 4.69) is 42.8 Å².